The molecule has 2 atom stereocenters. The number of hydrogen-bond donors (Lipinski definition) is 2. The predicted molar refractivity (Wildman–Crippen MR) is 59.7 cm³/mol. The van der Waals surface area contributed by atoms with Gasteiger partial charge in [0.1, 0.15) is 6.04 Å². The van der Waals surface area contributed by atoms with Gasteiger partial charge in [0, 0.05) is 4.47 Å². The van der Waals surface area contributed by atoms with Crippen LogP contribution in [0.25, 0.3) is 0 Å². The molecule has 0 fully saturated rings. The van der Waals surface area contributed by atoms with Crippen LogP contribution in [-0.2, 0) is 0 Å². The van der Waals surface area contributed by atoms with Crippen molar-refractivity contribution in [3.63, 3.8) is 0 Å². The monoisotopic (exact) mass is 296 g/mol. The third-order valence-electron chi connectivity index (χ3n) is 2.15. The lowest BCUT2D eigenvalue weighted by atomic mass is 10.1. The van der Waals surface area contributed by atoms with Gasteiger partial charge in [0.15, 0.2) is 0 Å². The Balaban J connectivity index is 2.65. The normalized spacial score (nSPS) is 15.9. The largest absolute Gasteiger partial charge is 0.403 e. The summed E-state index contributed by atoms with van der Waals surface area (Å²) in [7, 11) is 0. The van der Waals surface area contributed by atoms with Gasteiger partial charge >= 0.3 is 6.18 Å². The molecule has 0 saturated heterocycles. The molecule has 0 aliphatic rings. The fourth-order valence-corrected chi connectivity index (χ4v) is 1.39. The molecular formula is C10H12BrF3N2. The Bertz CT molecular complexity index is 337. The molecule has 90 valence electrons. The van der Waals surface area contributed by atoms with Gasteiger partial charge in [-0.15, -0.1) is 0 Å². The van der Waals surface area contributed by atoms with Crippen LogP contribution in [0.1, 0.15) is 18.7 Å². The van der Waals surface area contributed by atoms with E-state index in [1.807, 2.05) is 0 Å². The van der Waals surface area contributed by atoms with E-state index in [0.29, 0.717) is 5.56 Å². The Labute approximate surface area is 100 Å². The van der Waals surface area contributed by atoms with Crippen molar-refractivity contribution in [2.75, 3.05) is 0 Å². The minimum absolute atomic E-state index is 0.610. The first kappa shape index (κ1) is 13.5. The van der Waals surface area contributed by atoms with Gasteiger partial charge in [-0.25, -0.2) is 0 Å². The van der Waals surface area contributed by atoms with Gasteiger partial charge in [-0.1, -0.05) is 28.1 Å². The van der Waals surface area contributed by atoms with Crippen LogP contribution in [0.3, 0.4) is 0 Å². The molecule has 0 radical (unpaired) electrons. The highest BCUT2D eigenvalue weighted by atomic mass is 79.9. The summed E-state index contributed by atoms with van der Waals surface area (Å²) < 4.78 is 37.6. The maximum Gasteiger partial charge on any atom is 0.403 e. The lowest BCUT2D eigenvalue weighted by molar-refractivity contribution is -0.153. The molecule has 0 bridgehead atoms. The number of nitrogens with one attached hydrogen (secondary N) is 1. The first-order valence-electron chi connectivity index (χ1n) is 4.64. The summed E-state index contributed by atoms with van der Waals surface area (Å²) in [4.78, 5) is 0. The summed E-state index contributed by atoms with van der Waals surface area (Å²) >= 11 is 3.24. The van der Waals surface area contributed by atoms with Gasteiger partial charge in [0.25, 0.3) is 0 Å². The smallest absolute Gasteiger partial charge is 0.312 e. The molecule has 0 amide bonds. The fourth-order valence-electron chi connectivity index (χ4n) is 1.13. The topological polar surface area (TPSA) is 38.0 Å². The summed E-state index contributed by atoms with van der Waals surface area (Å²) in [6.07, 6.45) is -5.11. The second kappa shape index (κ2) is 5.16. The van der Waals surface area contributed by atoms with Crippen molar-refractivity contribution < 1.29 is 13.2 Å². The van der Waals surface area contributed by atoms with Crippen LogP contribution in [-0.4, -0.2) is 12.2 Å². The minimum Gasteiger partial charge on any atom is -0.312 e. The van der Waals surface area contributed by atoms with Crippen LogP contribution in [0.4, 0.5) is 13.2 Å². The fraction of sp³-hybridized carbons (Fsp3) is 0.400. The molecule has 1 aromatic rings. The van der Waals surface area contributed by atoms with Crippen LogP contribution in [0.2, 0.25) is 0 Å². The molecule has 2 unspecified atom stereocenters. The molecule has 0 aliphatic carbocycles. The highest BCUT2D eigenvalue weighted by Crippen LogP contribution is 2.22. The number of hydrogen-bond acceptors (Lipinski definition) is 2. The Morgan fingerprint density at radius 2 is 1.75 bits per heavy atom. The average Bonchev–Trinajstić information content (AvgIpc) is 2.17. The van der Waals surface area contributed by atoms with Gasteiger partial charge in [-0.05, 0) is 24.6 Å². The zero-order valence-corrected chi connectivity index (χ0v) is 10.1. The molecule has 0 aliphatic heterocycles. The predicted octanol–water partition coefficient (Wildman–Crippen LogP) is 2.95. The van der Waals surface area contributed by atoms with E-state index >= 15 is 0 Å². The number of nitrogens with two attached hydrogens (primary N) is 1. The minimum atomic E-state index is -4.28. The molecule has 0 saturated carbocycles. The van der Waals surface area contributed by atoms with Crippen LogP contribution in [0.15, 0.2) is 28.7 Å². The summed E-state index contributed by atoms with van der Waals surface area (Å²) in [6.45, 7) is 1.04. The zero-order valence-electron chi connectivity index (χ0n) is 8.55. The van der Waals surface area contributed by atoms with Crippen molar-refractivity contribution in [1.82, 2.24) is 5.32 Å². The summed E-state index contributed by atoms with van der Waals surface area (Å²) in [5.41, 5.74) is 6.23. The maximum absolute atomic E-state index is 12.3. The van der Waals surface area contributed by atoms with Crippen LogP contribution >= 0.6 is 15.9 Å². The SMILES string of the molecule is CC(NC(N)c1ccc(Br)cc1)C(F)(F)F. The van der Waals surface area contributed by atoms with Crippen molar-refractivity contribution in [3.8, 4) is 0 Å². The van der Waals surface area contributed by atoms with Crippen molar-refractivity contribution in [2.45, 2.75) is 25.3 Å². The number of rotatable bonds is 3. The van der Waals surface area contributed by atoms with Crippen LogP contribution in [0, 0.1) is 0 Å². The molecule has 0 spiro atoms. The number of benzene rings is 1. The second-order valence-corrected chi connectivity index (χ2v) is 4.37. The molecule has 16 heavy (non-hydrogen) atoms. The molecule has 0 aromatic heterocycles. The number of alkyl halides is 3. The van der Waals surface area contributed by atoms with Crippen LogP contribution < -0.4 is 11.1 Å². The Morgan fingerprint density at radius 3 is 2.19 bits per heavy atom. The second-order valence-electron chi connectivity index (χ2n) is 3.46. The van der Waals surface area contributed by atoms with Gasteiger partial charge in [-0.2, -0.15) is 13.2 Å². The van der Waals surface area contributed by atoms with Gasteiger partial charge in [0.05, 0.1) is 6.17 Å². The van der Waals surface area contributed by atoms with Crippen molar-refractivity contribution in [2.24, 2.45) is 5.73 Å². The summed E-state index contributed by atoms with van der Waals surface area (Å²) in [5, 5.41) is 2.29. The third-order valence-corrected chi connectivity index (χ3v) is 2.68. The van der Waals surface area contributed by atoms with E-state index in [-0.39, 0.29) is 0 Å². The zero-order chi connectivity index (χ0) is 12.3. The van der Waals surface area contributed by atoms with E-state index in [9.17, 15) is 13.2 Å². The van der Waals surface area contributed by atoms with Crippen LogP contribution in [0.5, 0.6) is 0 Å². The lowest BCUT2D eigenvalue weighted by Crippen LogP contribution is -2.44. The highest BCUT2D eigenvalue weighted by Gasteiger charge is 2.36. The van der Waals surface area contributed by atoms with E-state index in [1.54, 1.807) is 24.3 Å². The van der Waals surface area contributed by atoms with Crippen molar-refractivity contribution >= 4 is 15.9 Å². The number of halogens is 4. The quantitative estimate of drug-likeness (QED) is 0.842. The molecule has 2 nitrogen and oxygen atoms in total. The Morgan fingerprint density at radius 1 is 1.25 bits per heavy atom. The standard InChI is InChI=1S/C10H12BrF3N2/c1-6(10(12,13)14)16-9(15)7-2-4-8(11)5-3-7/h2-6,9,16H,15H2,1H3. The molecule has 1 aromatic carbocycles. The van der Waals surface area contributed by atoms with Gasteiger partial charge in [-0.3, -0.25) is 5.32 Å². The van der Waals surface area contributed by atoms with E-state index in [2.05, 4.69) is 21.2 Å². The molecule has 6 heteroatoms. The van der Waals surface area contributed by atoms with Crippen molar-refractivity contribution in [1.29, 1.82) is 0 Å². The van der Waals surface area contributed by atoms with Gasteiger partial charge in [0.2, 0.25) is 0 Å². The average molecular weight is 297 g/mol. The highest BCUT2D eigenvalue weighted by molar-refractivity contribution is 9.10. The third kappa shape index (κ3) is 3.77. The van der Waals surface area contributed by atoms with E-state index in [0.717, 1.165) is 11.4 Å². The summed E-state index contributed by atoms with van der Waals surface area (Å²) in [5.74, 6) is 0. The first-order valence-corrected chi connectivity index (χ1v) is 5.44. The molecule has 3 N–H and O–H groups in total. The first-order chi connectivity index (χ1) is 7.30. The molecule has 1 rings (SSSR count). The molecular weight excluding hydrogens is 285 g/mol. The lowest BCUT2D eigenvalue weighted by Gasteiger charge is -2.22. The van der Waals surface area contributed by atoms with Crippen molar-refractivity contribution in [3.05, 3.63) is 34.3 Å². The van der Waals surface area contributed by atoms with E-state index < -0.39 is 18.4 Å². The molecule has 0 heterocycles. The van der Waals surface area contributed by atoms with E-state index in [1.165, 1.54) is 0 Å². The Hall–Kier alpha value is -0.590. The summed E-state index contributed by atoms with van der Waals surface area (Å²) in [6, 6.07) is 5.17. The van der Waals surface area contributed by atoms with Gasteiger partial charge < -0.3 is 5.73 Å². The maximum atomic E-state index is 12.3. The van der Waals surface area contributed by atoms with E-state index in [4.69, 9.17) is 5.73 Å². The Kier molecular flexibility index (Phi) is 4.35.